The van der Waals surface area contributed by atoms with Gasteiger partial charge in [0.05, 0.1) is 27.0 Å². The summed E-state index contributed by atoms with van der Waals surface area (Å²) in [6.07, 6.45) is 3.89. The third kappa shape index (κ3) is 3.83. The molecule has 1 aromatic carbocycles. The molecule has 0 spiro atoms. The molecule has 25 heavy (non-hydrogen) atoms. The molecule has 1 saturated carbocycles. The van der Waals surface area contributed by atoms with Crippen LogP contribution in [0.4, 0.5) is 8.78 Å². The molecule has 0 amide bonds. The van der Waals surface area contributed by atoms with Crippen molar-refractivity contribution in [3.8, 4) is 0 Å². The maximum Gasteiger partial charge on any atom is 0.310 e. The van der Waals surface area contributed by atoms with Gasteiger partial charge in [0.1, 0.15) is 18.2 Å². The van der Waals surface area contributed by atoms with Gasteiger partial charge in [0, 0.05) is 12.7 Å². The molecule has 1 aliphatic rings. The molecule has 0 radical (unpaired) electrons. The van der Waals surface area contributed by atoms with Crippen molar-refractivity contribution in [2.75, 3.05) is 7.11 Å². The number of allylic oxidation sites excluding steroid dienone is 2. The Balaban J connectivity index is 2.18. The van der Waals surface area contributed by atoms with E-state index in [2.05, 4.69) is 31.9 Å². The van der Waals surface area contributed by atoms with E-state index in [1.165, 1.54) is 7.11 Å². The first-order valence-electron chi connectivity index (χ1n) is 7.80. The quantitative estimate of drug-likeness (QED) is 0.304. The van der Waals surface area contributed by atoms with Gasteiger partial charge in [0.2, 0.25) is 0 Å². The molecule has 1 aromatic rings. The highest BCUT2D eigenvalue weighted by Gasteiger charge is 2.61. The second kappa shape index (κ2) is 7.84. The van der Waals surface area contributed by atoms with Gasteiger partial charge in [0.25, 0.3) is 0 Å². The highest BCUT2D eigenvalue weighted by Crippen LogP contribution is 2.59. The summed E-state index contributed by atoms with van der Waals surface area (Å²) in [6, 6.07) is 0. The van der Waals surface area contributed by atoms with Crippen LogP contribution in [0.1, 0.15) is 31.9 Å². The van der Waals surface area contributed by atoms with Gasteiger partial charge < -0.3 is 9.47 Å². The number of carbonyl (C=O) groups excluding carboxylic acids is 1. The summed E-state index contributed by atoms with van der Waals surface area (Å²) < 4.78 is 38.9. The lowest BCUT2D eigenvalue weighted by atomic mass is 10.1. The summed E-state index contributed by atoms with van der Waals surface area (Å²) in [5.41, 5.74) is -0.145. The van der Waals surface area contributed by atoms with Gasteiger partial charge in [-0.25, -0.2) is 8.78 Å². The molecule has 0 bridgehead atoms. The fraction of sp³-hybridized carbons (Fsp3) is 0.500. The van der Waals surface area contributed by atoms with Crippen molar-refractivity contribution in [1.82, 2.24) is 0 Å². The first-order valence-corrected chi connectivity index (χ1v) is 9.39. The third-order valence-electron chi connectivity index (χ3n) is 4.66. The van der Waals surface area contributed by atoms with Crippen LogP contribution in [0.25, 0.3) is 0 Å². The van der Waals surface area contributed by atoms with Crippen molar-refractivity contribution in [3.05, 3.63) is 43.9 Å². The number of rotatable bonds is 6. The molecule has 2 rings (SSSR count). The van der Waals surface area contributed by atoms with E-state index in [1.54, 1.807) is 0 Å². The maximum atomic E-state index is 14.3. The molecule has 138 valence electrons. The molecule has 7 heteroatoms. The Morgan fingerprint density at radius 3 is 2.20 bits per heavy atom. The zero-order chi connectivity index (χ0) is 18.9. The van der Waals surface area contributed by atoms with E-state index in [9.17, 15) is 13.6 Å². The summed E-state index contributed by atoms with van der Waals surface area (Å²) in [7, 11) is 1.36. The fourth-order valence-electron chi connectivity index (χ4n) is 3.05. The van der Waals surface area contributed by atoms with Crippen LogP contribution < -0.4 is 0 Å². The van der Waals surface area contributed by atoms with Crippen LogP contribution >= 0.6 is 31.9 Å². The Morgan fingerprint density at radius 2 is 1.72 bits per heavy atom. The van der Waals surface area contributed by atoms with E-state index in [-0.39, 0.29) is 56.5 Å². The number of carbonyl (C=O) groups is 1. The van der Waals surface area contributed by atoms with Gasteiger partial charge in [-0.2, -0.15) is 0 Å². The average molecular weight is 482 g/mol. The second-order valence-electron chi connectivity index (χ2n) is 6.60. The normalized spacial score (nSPS) is 21.6. The Kier molecular flexibility index (Phi) is 6.44. The Hall–Kier alpha value is -0.790. The van der Waals surface area contributed by atoms with Gasteiger partial charge >= 0.3 is 5.97 Å². The lowest BCUT2D eigenvalue weighted by molar-refractivity contribution is -0.147. The molecular formula is C18H20Br2F2O3. The molecule has 0 aromatic heterocycles. The van der Waals surface area contributed by atoms with Crippen molar-refractivity contribution in [2.45, 2.75) is 34.0 Å². The summed E-state index contributed by atoms with van der Waals surface area (Å²) in [5, 5.41) is 0. The van der Waals surface area contributed by atoms with Gasteiger partial charge in [0.15, 0.2) is 0 Å². The van der Waals surface area contributed by atoms with E-state index in [1.807, 2.05) is 32.9 Å². The van der Waals surface area contributed by atoms with Crippen molar-refractivity contribution in [1.29, 1.82) is 0 Å². The lowest BCUT2D eigenvalue weighted by Gasteiger charge is -2.14. The van der Waals surface area contributed by atoms with Crippen molar-refractivity contribution in [3.63, 3.8) is 0 Å². The zero-order valence-electron chi connectivity index (χ0n) is 14.5. The number of esters is 1. The van der Waals surface area contributed by atoms with Gasteiger partial charge in [-0.15, -0.1) is 0 Å². The van der Waals surface area contributed by atoms with Crippen LogP contribution in [0.5, 0.6) is 0 Å². The summed E-state index contributed by atoms with van der Waals surface area (Å²) >= 11 is 6.24. The minimum Gasteiger partial charge on any atom is -0.460 e. The smallest absolute Gasteiger partial charge is 0.310 e. The highest BCUT2D eigenvalue weighted by atomic mass is 79.9. The van der Waals surface area contributed by atoms with Crippen LogP contribution in [-0.4, -0.2) is 13.1 Å². The lowest BCUT2D eigenvalue weighted by Crippen LogP contribution is -2.12. The van der Waals surface area contributed by atoms with E-state index in [0.717, 1.165) is 0 Å². The predicted octanol–water partition coefficient (Wildman–Crippen LogP) is 5.53. The van der Waals surface area contributed by atoms with Gasteiger partial charge in [-0.3, -0.25) is 4.79 Å². The number of ether oxygens (including phenoxy) is 2. The number of benzene rings is 1. The van der Waals surface area contributed by atoms with E-state index in [4.69, 9.17) is 9.47 Å². The topological polar surface area (TPSA) is 35.5 Å². The van der Waals surface area contributed by atoms with Crippen LogP contribution in [0.3, 0.4) is 0 Å². The summed E-state index contributed by atoms with van der Waals surface area (Å²) in [5.74, 6) is -2.01. The number of halogens is 4. The Labute approximate surface area is 163 Å². The Morgan fingerprint density at radius 1 is 1.16 bits per heavy atom. The standard InChI is InChI=1S/C18H20Br2F2O3/c1-5-6-11-12(18(11,2)3)17(23)25-8-9-13(19)15(21)10(7-24-4)16(22)14(9)20/h5-6,11-12H,7-8H2,1-4H3/t11-,12+/m1/s1. The number of hydrogen-bond donors (Lipinski definition) is 0. The van der Waals surface area contributed by atoms with E-state index in [0.29, 0.717) is 0 Å². The van der Waals surface area contributed by atoms with Crippen LogP contribution in [0.2, 0.25) is 0 Å². The molecule has 1 aliphatic carbocycles. The van der Waals surface area contributed by atoms with Crippen LogP contribution in [0.15, 0.2) is 21.1 Å². The highest BCUT2D eigenvalue weighted by molar-refractivity contribution is 9.11. The van der Waals surface area contributed by atoms with Crippen LogP contribution in [0, 0.1) is 28.9 Å². The predicted molar refractivity (Wildman–Crippen MR) is 97.8 cm³/mol. The van der Waals surface area contributed by atoms with Crippen molar-refractivity contribution < 1.29 is 23.0 Å². The molecule has 1 fully saturated rings. The minimum atomic E-state index is -0.757. The average Bonchev–Trinajstić information content (AvgIpc) is 3.10. The minimum absolute atomic E-state index is 0.0562. The molecule has 0 saturated heterocycles. The second-order valence-corrected chi connectivity index (χ2v) is 8.19. The summed E-state index contributed by atoms with van der Waals surface area (Å²) in [4.78, 5) is 12.3. The zero-order valence-corrected chi connectivity index (χ0v) is 17.6. The monoisotopic (exact) mass is 480 g/mol. The first-order chi connectivity index (χ1) is 11.7. The fourth-order valence-corrected chi connectivity index (χ4v) is 4.42. The van der Waals surface area contributed by atoms with Crippen LogP contribution in [-0.2, 0) is 27.5 Å². The number of hydrogen-bond acceptors (Lipinski definition) is 3. The van der Waals surface area contributed by atoms with Gasteiger partial charge in [-0.1, -0.05) is 26.0 Å². The number of methoxy groups -OCH3 is 1. The SMILES string of the molecule is CC=C[C@@H]1[C@@H](C(=O)OCc2c(Br)c(F)c(COC)c(F)c2Br)C1(C)C. The third-order valence-corrected chi connectivity index (χ3v) is 6.31. The molecular weight excluding hydrogens is 462 g/mol. The molecule has 0 aliphatic heterocycles. The largest absolute Gasteiger partial charge is 0.460 e. The maximum absolute atomic E-state index is 14.3. The first kappa shape index (κ1) is 20.5. The Bertz CT molecular complexity index is 688. The molecule has 3 nitrogen and oxygen atoms in total. The molecule has 0 N–H and O–H groups in total. The molecule has 0 unspecified atom stereocenters. The molecule has 2 atom stereocenters. The van der Waals surface area contributed by atoms with Gasteiger partial charge in [-0.05, 0) is 50.1 Å². The van der Waals surface area contributed by atoms with E-state index >= 15 is 0 Å². The van der Waals surface area contributed by atoms with Crippen molar-refractivity contribution in [2.24, 2.45) is 17.3 Å². The summed E-state index contributed by atoms with van der Waals surface area (Å²) in [6.45, 7) is 5.47. The van der Waals surface area contributed by atoms with E-state index < -0.39 is 11.6 Å². The van der Waals surface area contributed by atoms with Crippen molar-refractivity contribution >= 4 is 37.8 Å². The molecule has 0 heterocycles.